The number of hydrogen-bond acceptors (Lipinski definition) is 3. The maximum atomic E-state index is 13.0. The third-order valence-corrected chi connectivity index (χ3v) is 2.97. The van der Waals surface area contributed by atoms with E-state index in [2.05, 4.69) is 4.98 Å². The number of nitrogens with two attached hydrogens (primary N) is 1. The first-order valence-corrected chi connectivity index (χ1v) is 5.82. The lowest BCUT2D eigenvalue weighted by Crippen LogP contribution is -2.01. The van der Waals surface area contributed by atoms with Crippen molar-refractivity contribution < 1.29 is 9.50 Å². The van der Waals surface area contributed by atoms with E-state index in [1.54, 1.807) is 28.8 Å². The minimum absolute atomic E-state index is 0.202. The molecule has 0 fully saturated rings. The summed E-state index contributed by atoms with van der Waals surface area (Å²) in [5, 5.41) is 9.42. The molecule has 2 aromatic carbocycles. The summed E-state index contributed by atoms with van der Waals surface area (Å²) in [6.07, 6.45) is 0. The Kier molecular flexibility index (Phi) is 2.68. The number of nitrogen functional groups attached to an aromatic ring is 1. The van der Waals surface area contributed by atoms with Crippen molar-refractivity contribution in [1.29, 1.82) is 0 Å². The zero-order chi connectivity index (χ0) is 13.4. The van der Waals surface area contributed by atoms with E-state index < -0.39 is 0 Å². The van der Waals surface area contributed by atoms with Crippen LogP contribution in [0.25, 0.3) is 16.7 Å². The number of anilines is 1. The molecule has 0 spiro atoms. The van der Waals surface area contributed by atoms with Crippen molar-refractivity contribution in [1.82, 2.24) is 9.55 Å². The molecule has 0 saturated heterocycles. The molecule has 3 aromatic rings. The fourth-order valence-electron chi connectivity index (χ4n) is 2.13. The second-order valence-electron chi connectivity index (χ2n) is 4.25. The van der Waals surface area contributed by atoms with Gasteiger partial charge in [0, 0.05) is 11.4 Å². The van der Waals surface area contributed by atoms with E-state index in [1.165, 1.54) is 12.1 Å². The van der Waals surface area contributed by atoms with E-state index in [0.717, 1.165) is 11.2 Å². The van der Waals surface area contributed by atoms with Crippen molar-refractivity contribution in [2.75, 3.05) is 5.73 Å². The third-order valence-electron chi connectivity index (χ3n) is 2.97. The van der Waals surface area contributed by atoms with E-state index in [9.17, 15) is 9.50 Å². The Morgan fingerprint density at radius 2 is 1.89 bits per heavy atom. The summed E-state index contributed by atoms with van der Waals surface area (Å²) in [6, 6.07) is 11.4. The molecule has 0 aliphatic carbocycles. The molecule has 0 bridgehead atoms. The average Bonchev–Trinajstić information content (AvgIpc) is 2.77. The molecule has 19 heavy (non-hydrogen) atoms. The molecule has 3 rings (SSSR count). The number of rotatable bonds is 2. The summed E-state index contributed by atoms with van der Waals surface area (Å²) in [6.45, 7) is -0.202. The maximum Gasteiger partial charge on any atom is 0.140 e. The minimum atomic E-state index is -0.303. The Morgan fingerprint density at radius 3 is 2.58 bits per heavy atom. The fourth-order valence-corrected chi connectivity index (χ4v) is 2.13. The number of halogens is 1. The van der Waals surface area contributed by atoms with Gasteiger partial charge in [0.05, 0.1) is 11.0 Å². The van der Waals surface area contributed by atoms with Gasteiger partial charge in [-0.05, 0) is 42.5 Å². The molecule has 0 radical (unpaired) electrons. The summed E-state index contributed by atoms with van der Waals surface area (Å²) in [5.74, 6) is 0.190. The van der Waals surface area contributed by atoms with Crippen molar-refractivity contribution >= 4 is 16.7 Å². The Labute approximate surface area is 108 Å². The summed E-state index contributed by atoms with van der Waals surface area (Å²) < 4.78 is 14.8. The standard InChI is InChI=1S/C14H12FN3O/c15-9-1-4-11(5-2-9)18-13-6-3-10(16)7-12(13)17-14(18)8-19/h1-7,19H,8,16H2. The number of aliphatic hydroxyl groups is 1. The molecule has 96 valence electrons. The Bertz CT molecular complexity index is 734. The van der Waals surface area contributed by atoms with Crippen LogP contribution < -0.4 is 5.73 Å². The highest BCUT2D eigenvalue weighted by Gasteiger charge is 2.11. The zero-order valence-corrected chi connectivity index (χ0v) is 10.0. The SMILES string of the molecule is Nc1ccc2c(c1)nc(CO)n2-c1ccc(F)cc1. The van der Waals surface area contributed by atoms with Gasteiger partial charge in [0.2, 0.25) is 0 Å². The van der Waals surface area contributed by atoms with Gasteiger partial charge in [-0.25, -0.2) is 9.37 Å². The van der Waals surface area contributed by atoms with Gasteiger partial charge in [0.25, 0.3) is 0 Å². The Hall–Kier alpha value is -2.40. The van der Waals surface area contributed by atoms with Crippen LogP contribution in [0.1, 0.15) is 5.82 Å². The van der Waals surface area contributed by atoms with Gasteiger partial charge in [-0.1, -0.05) is 0 Å². The number of nitrogens with zero attached hydrogens (tertiary/aromatic N) is 2. The number of fused-ring (bicyclic) bond motifs is 1. The lowest BCUT2D eigenvalue weighted by atomic mass is 10.2. The smallest absolute Gasteiger partial charge is 0.140 e. The van der Waals surface area contributed by atoms with Gasteiger partial charge in [0.1, 0.15) is 18.2 Å². The first kappa shape index (κ1) is 11.7. The lowest BCUT2D eigenvalue weighted by molar-refractivity contribution is 0.270. The van der Waals surface area contributed by atoms with E-state index in [4.69, 9.17) is 5.73 Å². The van der Waals surface area contributed by atoms with Crippen molar-refractivity contribution in [2.24, 2.45) is 0 Å². The molecule has 4 nitrogen and oxygen atoms in total. The molecule has 0 aliphatic heterocycles. The topological polar surface area (TPSA) is 64.1 Å². The van der Waals surface area contributed by atoms with Crippen molar-refractivity contribution in [3.63, 3.8) is 0 Å². The van der Waals surface area contributed by atoms with Crippen molar-refractivity contribution in [2.45, 2.75) is 6.61 Å². The van der Waals surface area contributed by atoms with E-state index in [-0.39, 0.29) is 12.4 Å². The average molecular weight is 257 g/mol. The van der Waals surface area contributed by atoms with Gasteiger partial charge in [0.15, 0.2) is 0 Å². The van der Waals surface area contributed by atoms with Crippen LogP contribution >= 0.6 is 0 Å². The van der Waals surface area contributed by atoms with Gasteiger partial charge in [-0.3, -0.25) is 4.57 Å². The highest BCUT2D eigenvalue weighted by Crippen LogP contribution is 2.23. The molecular formula is C14H12FN3O. The second-order valence-corrected chi connectivity index (χ2v) is 4.25. The Balaban J connectivity index is 2.29. The lowest BCUT2D eigenvalue weighted by Gasteiger charge is -2.07. The number of benzene rings is 2. The van der Waals surface area contributed by atoms with E-state index >= 15 is 0 Å². The zero-order valence-electron chi connectivity index (χ0n) is 10.0. The molecule has 1 heterocycles. The molecule has 0 saturated carbocycles. The summed E-state index contributed by atoms with van der Waals surface area (Å²) in [4.78, 5) is 4.33. The van der Waals surface area contributed by atoms with Crippen molar-refractivity contribution in [3.8, 4) is 5.69 Å². The summed E-state index contributed by atoms with van der Waals surface area (Å²) in [7, 11) is 0. The maximum absolute atomic E-state index is 13.0. The number of aromatic nitrogens is 2. The van der Waals surface area contributed by atoms with Crippen LogP contribution in [0, 0.1) is 5.82 Å². The number of imidazole rings is 1. The largest absolute Gasteiger partial charge is 0.399 e. The van der Waals surface area contributed by atoms with E-state index in [0.29, 0.717) is 17.0 Å². The van der Waals surface area contributed by atoms with Crippen LogP contribution in [-0.4, -0.2) is 14.7 Å². The highest BCUT2D eigenvalue weighted by molar-refractivity contribution is 5.81. The van der Waals surface area contributed by atoms with Crippen molar-refractivity contribution in [3.05, 3.63) is 54.1 Å². The molecular weight excluding hydrogens is 245 g/mol. The molecule has 5 heteroatoms. The predicted octanol–water partition coefficient (Wildman–Crippen LogP) is 2.24. The molecule has 0 amide bonds. The predicted molar refractivity (Wildman–Crippen MR) is 71.4 cm³/mol. The molecule has 0 unspecified atom stereocenters. The number of aliphatic hydroxyl groups excluding tert-OH is 1. The molecule has 0 aliphatic rings. The van der Waals surface area contributed by atoms with Crippen LogP contribution in [0.3, 0.4) is 0 Å². The normalized spacial score (nSPS) is 11.1. The van der Waals surface area contributed by atoms with Gasteiger partial charge < -0.3 is 10.8 Å². The van der Waals surface area contributed by atoms with Crippen LogP contribution in [0.5, 0.6) is 0 Å². The molecule has 3 N–H and O–H groups in total. The van der Waals surface area contributed by atoms with Gasteiger partial charge in [-0.2, -0.15) is 0 Å². The first-order valence-electron chi connectivity index (χ1n) is 5.82. The fraction of sp³-hybridized carbons (Fsp3) is 0.0714. The number of hydrogen-bond donors (Lipinski definition) is 2. The first-order chi connectivity index (χ1) is 9.19. The van der Waals surface area contributed by atoms with Gasteiger partial charge >= 0.3 is 0 Å². The van der Waals surface area contributed by atoms with Gasteiger partial charge in [-0.15, -0.1) is 0 Å². The minimum Gasteiger partial charge on any atom is -0.399 e. The van der Waals surface area contributed by atoms with Crippen LogP contribution in [0.4, 0.5) is 10.1 Å². The van der Waals surface area contributed by atoms with E-state index in [1.807, 2.05) is 6.07 Å². The van der Waals surface area contributed by atoms with Crippen LogP contribution in [-0.2, 0) is 6.61 Å². The molecule has 1 aromatic heterocycles. The Morgan fingerprint density at radius 1 is 1.16 bits per heavy atom. The third kappa shape index (κ3) is 1.94. The van der Waals surface area contributed by atoms with Crippen LogP contribution in [0.15, 0.2) is 42.5 Å². The highest BCUT2D eigenvalue weighted by atomic mass is 19.1. The second kappa shape index (κ2) is 4.37. The molecule has 0 atom stereocenters. The summed E-state index contributed by atoms with van der Waals surface area (Å²) in [5.41, 5.74) is 8.61. The monoisotopic (exact) mass is 257 g/mol. The summed E-state index contributed by atoms with van der Waals surface area (Å²) >= 11 is 0. The van der Waals surface area contributed by atoms with Crippen LogP contribution in [0.2, 0.25) is 0 Å². The quantitative estimate of drug-likeness (QED) is 0.692.